The molecule has 4 N–H and O–H groups in total. The number of anilines is 2. The minimum atomic E-state index is -1.12. The van der Waals surface area contributed by atoms with Crippen molar-refractivity contribution in [2.24, 2.45) is 0 Å². The first-order chi connectivity index (χ1) is 9.45. The van der Waals surface area contributed by atoms with E-state index in [2.05, 4.69) is 38.2 Å². The first-order valence-electron chi connectivity index (χ1n) is 5.72. The van der Waals surface area contributed by atoms with Crippen molar-refractivity contribution >= 4 is 46.0 Å². The molecule has 0 atom stereocenters. The number of hydrogen-bond acceptors (Lipinski definition) is 2. The van der Waals surface area contributed by atoms with E-state index in [9.17, 15) is 9.59 Å². The summed E-state index contributed by atoms with van der Waals surface area (Å²) in [5, 5.41) is 14.2. The van der Waals surface area contributed by atoms with Crippen LogP contribution in [0.3, 0.4) is 0 Å². The summed E-state index contributed by atoms with van der Waals surface area (Å²) < 4.78 is 1.06. The molecule has 0 aliphatic heterocycles. The minimum absolute atomic E-state index is 0.0414. The van der Waals surface area contributed by atoms with E-state index >= 15 is 0 Å². The van der Waals surface area contributed by atoms with Crippen LogP contribution in [-0.4, -0.2) is 22.1 Å². The fourth-order valence-corrected chi connectivity index (χ4v) is 2.03. The molecule has 0 aliphatic rings. The average molecular weight is 385 g/mol. The van der Waals surface area contributed by atoms with Crippen molar-refractivity contribution in [1.82, 2.24) is 4.98 Å². The molecule has 1 heterocycles. The summed E-state index contributed by atoms with van der Waals surface area (Å²) in [4.78, 5) is 25.5. The monoisotopic (exact) mass is 385 g/mol. The molecule has 1 aromatic carbocycles. The van der Waals surface area contributed by atoms with Crippen molar-refractivity contribution in [2.75, 3.05) is 10.6 Å². The standard InChI is InChI=1S/C13H12IN3O3/c1-7-6-10(11(15-7)12(18)19)17-13(20)16-9-4-2-8(14)3-5-9/h2-6,15H,1H3,(H,18,19)(H2,16,17,20). The van der Waals surface area contributed by atoms with E-state index in [4.69, 9.17) is 5.11 Å². The van der Waals surface area contributed by atoms with Crippen LogP contribution >= 0.6 is 22.6 Å². The highest BCUT2D eigenvalue weighted by Gasteiger charge is 2.15. The zero-order valence-corrected chi connectivity index (χ0v) is 12.7. The lowest BCUT2D eigenvalue weighted by atomic mass is 10.3. The van der Waals surface area contributed by atoms with Crippen molar-refractivity contribution in [3.05, 3.63) is 45.3 Å². The summed E-state index contributed by atoms with van der Waals surface area (Å²) in [6.45, 7) is 1.72. The first-order valence-corrected chi connectivity index (χ1v) is 6.80. The van der Waals surface area contributed by atoms with Gasteiger partial charge in [-0.1, -0.05) is 0 Å². The number of carbonyl (C=O) groups excluding carboxylic acids is 1. The first kappa shape index (κ1) is 14.4. The molecule has 0 saturated carbocycles. The maximum Gasteiger partial charge on any atom is 0.354 e. The molecule has 0 aliphatic carbocycles. The van der Waals surface area contributed by atoms with Gasteiger partial charge < -0.3 is 20.7 Å². The van der Waals surface area contributed by atoms with E-state index in [0.29, 0.717) is 11.4 Å². The van der Waals surface area contributed by atoms with E-state index in [-0.39, 0.29) is 11.4 Å². The Hall–Kier alpha value is -2.03. The van der Waals surface area contributed by atoms with Gasteiger partial charge in [-0.25, -0.2) is 9.59 Å². The molecule has 0 fully saturated rings. The van der Waals surface area contributed by atoms with Crippen LogP contribution in [0, 0.1) is 10.5 Å². The normalized spacial score (nSPS) is 10.1. The molecule has 2 rings (SSSR count). The number of hydrogen-bond donors (Lipinski definition) is 4. The molecule has 0 saturated heterocycles. The summed E-state index contributed by atoms with van der Waals surface area (Å²) in [5.74, 6) is -1.12. The summed E-state index contributed by atoms with van der Waals surface area (Å²) in [6.07, 6.45) is 0. The lowest BCUT2D eigenvalue weighted by Crippen LogP contribution is -2.20. The van der Waals surface area contributed by atoms with Crippen molar-refractivity contribution in [2.45, 2.75) is 6.92 Å². The second kappa shape index (κ2) is 5.95. The fraction of sp³-hybridized carbons (Fsp3) is 0.0769. The number of aromatic amines is 1. The van der Waals surface area contributed by atoms with Gasteiger partial charge in [-0.15, -0.1) is 0 Å². The molecule has 2 amide bonds. The van der Waals surface area contributed by atoms with Gasteiger partial charge in [0, 0.05) is 15.0 Å². The Morgan fingerprint density at radius 3 is 2.45 bits per heavy atom. The Morgan fingerprint density at radius 2 is 1.85 bits per heavy atom. The van der Waals surface area contributed by atoms with Crippen LogP contribution in [0.4, 0.5) is 16.2 Å². The van der Waals surface area contributed by atoms with Gasteiger partial charge in [0.05, 0.1) is 5.69 Å². The molecule has 0 bridgehead atoms. The zero-order chi connectivity index (χ0) is 14.7. The summed E-state index contributed by atoms with van der Waals surface area (Å²) >= 11 is 2.17. The molecular weight excluding hydrogens is 373 g/mol. The molecule has 0 radical (unpaired) electrons. The van der Waals surface area contributed by atoms with Crippen LogP contribution in [0.5, 0.6) is 0 Å². The van der Waals surface area contributed by atoms with Gasteiger partial charge in [-0.05, 0) is 59.8 Å². The van der Waals surface area contributed by atoms with Crippen LogP contribution in [0.15, 0.2) is 30.3 Å². The summed E-state index contributed by atoms with van der Waals surface area (Å²) in [6, 6.07) is 8.33. The van der Waals surface area contributed by atoms with Crippen LogP contribution in [-0.2, 0) is 0 Å². The third-order valence-electron chi connectivity index (χ3n) is 2.52. The maximum absolute atomic E-state index is 11.8. The Kier molecular flexibility index (Phi) is 4.28. The number of benzene rings is 1. The number of carbonyl (C=O) groups is 2. The van der Waals surface area contributed by atoms with Gasteiger partial charge in [0.1, 0.15) is 5.69 Å². The van der Waals surface area contributed by atoms with Crippen LogP contribution in [0.2, 0.25) is 0 Å². The molecule has 1 aromatic heterocycles. The number of urea groups is 1. The number of carboxylic acid groups (broad SMARTS) is 1. The Balaban J connectivity index is 2.08. The van der Waals surface area contributed by atoms with Crippen molar-refractivity contribution in [3.8, 4) is 0 Å². The number of nitrogens with one attached hydrogen (secondary N) is 3. The molecular formula is C13H12IN3O3. The van der Waals surface area contributed by atoms with E-state index in [0.717, 1.165) is 3.57 Å². The highest BCUT2D eigenvalue weighted by molar-refractivity contribution is 14.1. The number of aromatic nitrogens is 1. The highest BCUT2D eigenvalue weighted by atomic mass is 127. The lowest BCUT2D eigenvalue weighted by Gasteiger charge is -2.07. The van der Waals surface area contributed by atoms with Gasteiger partial charge in [-0.2, -0.15) is 0 Å². The predicted octanol–water partition coefficient (Wildman–Crippen LogP) is 3.27. The minimum Gasteiger partial charge on any atom is -0.477 e. The van der Waals surface area contributed by atoms with Crippen molar-refractivity contribution in [1.29, 1.82) is 0 Å². The molecule has 6 nitrogen and oxygen atoms in total. The average Bonchev–Trinajstić information content (AvgIpc) is 2.73. The second-order valence-corrected chi connectivity index (χ2v) is 5.38. The van der Waals surface area contributed by atoms with Crippen LogP contribution in [0.1, 0.15) is 16.2 Å². The Labute approximate surface area is 128 Å². The fourth-order valence-electron chi connectivity index (χ4n) is 1.67. The molecule has 7 heteroatoms. The number of carboxylic acids is 1. The predicted molar refractivity (Wildman–Crippen MR) is 84.3 cm³/mol. The quantitative estimate of drug-likeness (QED) is 0.611. The van der Waals surface area contributed by atoms with E-state index in [1.54, 1.807) is 25.1 Å². The Bertz CT molecular complexity index is 649. The smallest absolute Gasteiger partial charge is 0.354 e. The van der Waals surface area contributed by atoms with E-state index in [1.807, 2.05) is 12.1 Å². The number of rotatable bonds is 3. The van der Waals surface area contributed by atoms with Crippen molar-refractivity contribution < 1.29 is 14.7 Å². The van der Waals surface area contributed by atoms with E-state index < -0.39 is 12.0 Å². The SMILES string of the molecule is Cc1cc(NC(=O)Nc2ccc(I)cc2)c(C(=O)O)[nH]1. The number of aryl methyl sites for hydroxylation is 1. The van der Waals surface area contributed by atoms with Gasteiger partial charge in [0.15, 0.2) is 0 Å². The lowest BCUT2D eigenvalue weighted by molar-refractivity contribution is 0.0692. The largest absolute Gasteiger partial charge is 0.477 e. The third-order valence-corrected chi connectivity index (χ3v) is 3.24. The molecule has 0 unspecified atom stereocenters. The second-order valence-electron chi connectivity index (χ2n) is 4.13. The van der Waals surface area contributed by atoms with Gasteiger partial charge >= 0.3 is 12.0 Å². The molecule has 20 heavy (non-hydrogen) atoms. The topological polar surface area (TPSA) is 94.2 Å². The number of H-pyrrole nitrogens is 1. The summed E-state index contributed by atoms with van der Waals surface area (Å²) in [5.41, 5.74) is 1.48. The number of aromatic carboxylic acids is 1. The number of amides is 2. The van der Waals surface area contributed by atoms with Crippen LogP contribution in [0.25, 0.3) is 0 Å². The van der Waals surface area contributed by atoms with E-state index in [1.165, 1.54) is 0 Å². The molecule has 104 valence electrons. The maximum atomic E-state index is 11.8. The van der Waals surface area contributed by atoms with Gasteiger partial charge in [0.2, 0.25) is 0 Å². The number of halogens is 1. The third kappa shape index (κ3) is 3.50. The van der Waals surface area contributed by atoms with Crippen LogP contribution < -0.4 is 10.6 Å². The molecule has 2 aromatic rings. The summed E-state index contributed by atoms with van der Waals surface area (Å²) in [7, 11) is 0. The highest BCUT2D eigenvalue weighted by Crippen LogP contribution is 2.17. The zero-order valence-electron chi connectivity index (χ0n) is 10.5. The van der Waals surface area contributed by atoms with Gasteiger partial charge in [0.25, 0.3) is 0 Å². The Morgan fingerprint density at radius 1 is 1.20 bits per heavy atom. The molecule has 0 spiro atoms. The van der Waals surface area contributed by atoms with Crippen molar-refractivity contribution in [3.63, 3.8) is 0 Å². The van der Waals surface area contributed by atoms with Gasteiger partial charge in [-0.3, -0.25) is 0 Å².